The van der Waals surface area contributed by atoms with E-state index in [-0.39, 0.29) is 16.8 Å². The van der Waals surface area contributed by atoms with Crippen LogP contribution in [0.1, 0.15) is 54.1 Å². The lowest BCUT2D eigenvalue weighted by Crippen LogP contribution is -2.31. The third-order valence-corrected chi connectivity index (χ3v) is 5.60. The van der Waals surface area contributed by atoms with E-state index >= 15 is 0 Å². The van der Waals surface area contributed by atoms with Crippen molar-refractivity contribution in [1.82, 2.24) is 5.32 Å². The molecule has 0 spiro atoms. The Balaban J connectivity index is 2.69. The number of amides is 1. The number of aryl methyl sites for hydroxylation is 1. The van der Waals surface area contributed by atoms with E-state index in [4.69, 9.17) is 10.7 Å². The SMILES string of the molecule is CCCCCC(C)NC(=O)c1cc(S(=O)(=O)Cl)c(C)s1. The molecule has 0 aliphatic carbocycles. The second kappa shape index (κ2) is 7.43. The fraction of sp³-hybridized carbons (Fsp3) is 0.615. The second-order valence-corrected chi connectivity index (χ2v) is 8.63. The van der Waals surface area contributed by atoms with Crippen LogP contribution in [0, 0.1) is 6.92 Å². The standard InChI is InChI=1S/C13H20ClNO3S2/c1-4-5-6-7-9(2)15-13(16)11-8-12(10(3)19-11)20(14,17)18/h8-9H,4-7H2,1-3H3,(H,15,16). The first kappa shape index (κ1) is 17.5. The van der Waals surface area contributed by atoms with Gasteiger partial charge in [0.2, 0.25) is 0 Å². The second-order valence-electron chi connectivity index (χ2n) is 4.84. The van der Waals surface area contributed by atoms with E-state index in [1.54, 1.807) is 6.92 Å². The van der Waals surface area contributed by atoms with Crippen molar-refractivity contribution in [2.75, 3.05) is 0 Å². The van der Waals surface area contributed by atoms with Crippen molar-refractivity contribution in [1.29, 1.82) is 0 Å². The molecule has 1 amide bonds. The summed E-state index contributed by atoms with van der Waals surface area (Å²) in [4.78, 5) is 13.0. The average Bonchev–Trinajstić information content (AvgIpc) is 2.71. The summed E-state index contributed by atoms with van der Waals surface area (Å²) in [7, 11) is 1.53. The predicted octanol–water partition coefficient (Wildman–Crippen LogP) is 3.68. The van der Waals surface area contributed by atoms with E-state index in [1.807, 2.05) is 6.92 Å². The number of hydrogen-bond acceptors (Lipinski definition) is 4. The minimum atomic E-state index is -3.79. The zero-order valence-electron chi connectivity index (χ0n) is 11.9. The maximum absolute atomic E-state index is 12.0. The molecule has 0 bridgehead atoms. The molecule has 114 valence electrons. The van der Waals surface area contributed by atoms with Crippen LogP contribution >= 0.6 is 22.0 Å². The van der Waals surface area contributed by atoms with Crippen molar-refractivity contribution in [3.8, 4) is 0 Å². The Bertz CT molecular complexity index is 566. The molecule has 1 aromatic heterocycles. The van der Waals surface area contributed by atoms with Crippen LogP contribution in [0.25, 0.3) is 0 Å². The van der Waals surface area contributed by atoms with Gasteiger partial charge in [-0.15, -0.1) is 11.3 Å². The summed E-state index contributed by atoms with van der Waals surface area (Å²) in [5.41, 5.74) is 0. The Hall–Kier alpha value is -0.590. The van der Waals surface area contributed by atoms with Crippen LogP contribution in [0.4, 0.5) is 0 Å². The Labute approximate surface area is 129 Å². The molecular weight excluding hydrogens is 318 g/mol. The molecule has 0 saturated heterocycles. The highest BCUT2D eigenvalue weighted by Gasteiger charge is 2.20. The van der Waals surface area contributed by atoms with Crippen molar-refractivity contribution < 1.29 is 13.2 Å². The molecule has 1 aromatic rings. The largest absolute Gasteiger partial charge is 0.349 e. The average molecular weight is 338 g/mol. The minimum Gasteiger partial charge on any atom is -0.349 e. The van der Waals surface area contributed by atoms with Gasteiger partial charge in [-0.3, -0.25) is 4.79 Å². The number of rotatable bonds is 7. The van der Waals surface area contributed by atoms with Crippen LogP contribution in [0.15, 0.2) is 11.0 Å². The third kappa shape index (κ3) is 5.07. The highest BCUT2D eigenvalue weighted by atomic mass is 35.7. The zero-order chi connectivity index (χ0) is 15.3. The summed E-state index contributed by atoms with van der Waals surface area (Å²) in [6, 6.07) is 1.42. The first-order chi connectivity index (χ1) is 9.25. The van der Waals surface area contributed by atoms with Gasteiger partial charge in [0.15, 0.2) is 0 Å². The summed E-state index contributed by atoms with van der Waals surface area (Å²) in [6.45, 7) is 5.72. The van der Waals surface area contributed by atoms with E-state index < -0.39 is 9.05 Å². The van der Waals surface area contributed by atoms with Crippen LogP contribution in [0.3, 0.4) is 0 Å². The summed E-state index contributed by atoms with van der Waals surface area (Å²) in [5, 5.41) is 2.88. The summed E-state index contributed by atoms with van der Waals surface area (Å²) in [6.07, 6.45) is 4.28. The van der Waals surface area contributed by atoms with Crippen LogP contribution in [0.5, 0.6) is 0 Å². The van der Waals surface area contributed by atoms with Crippen LogP contribution in [0.2, 0.25) is 0 Å². The van der Waals surface area contributed by atoms with Gasteiger partial charge in [-0.2, -0.15) is 0 Å². The van der Waals surface area contributed by atoms with Crippen LogP contribution < -0.4 is 5.32 Å². The Morgan fingerprint density at radius 3 is 2.60 bits per heavy atom. The molecule has 1 atom stereocenters. The van der Waals surface area contributed by atoms with Crippen molar-refractivity contribution in [3.63, 3.8) is 0 Å². The van der Waals surface area contributed by atoms with Crippen LogP contribution in [-0.2, 0) is 9.05 Å². The number of nitrogens with one attached hydrogen (secondary N) is 1. The highest BCUT2D eigenvalue weighted by molar-refractivity contribution is 8.13. The molecule has 7 heteroatoms. The molecule has 1 N–H and O–H groups in total. The fourth-order valence-electron chi connectivity index (χ4n) is 1.89. The quantitative estimate of drug-likeness (QED) is 0.609. The molecule has 0 fully saturated rings. The number of thiophene rings is 1. The first-order valence-electron chi connectivity index (χ1n) is 6.61. The van der Waals surface area contributed by atoms with Crippen molar-refractivity contribution in [3.05, 3.63) is 15.8 Å². The van der Waals surface area contributed by atoms with Gasteiger partial charge < -0.3 is 5.32 Å². The van der Waals surface area contributed by atoms with E-state index in [0.29, 0.717) is 9.75 Å². The van der Waals surface area contributed by atoms with E-state index in [9.17, 15) is 13.2 Å². The number of halogens is 1. The van der Waals surface area contributed by atoms with Gasteiger partial charge in [0.1, 0.15) is 0 Å². The summed E-state index contributed by atoms with van der Waals surface area (Å²) in [5.74, 6) is -0.242. The lowest BCUT2D eigenvalue weighted by molar-refractivity contribution is 0.0942. The maximum atomic E-state index is 12.0. The molecule has 20 heavy (non-hydrogen) atoms. The van der Waals surface area contributed by atoms with Crippen LogP contribution in [-0.4, -0.2) is 20.4 Å². The zero-order valence-corrected chi connectivity index (χ0v) is 14.3. The normalized spacial score (nSPS) is 13.2. The molecule has 0 aliphatic heterocycles. The number of carbonyl (C=O) groups excluding carboxylic acids is 1. The summed E-state index contributed by atoms with van der Waals surface area (Å²) < 4.78 is 22.7. The van der Waals surface area contributed by atoms with Gasteiger partial charge in [0, 0.05) is 21.6 Å². The van der Waals surface area contributed by atoms with Gasteiger partial charge in [-0.05, 0) is 26.3 Å². The molecule has 1 unspecified atom stereocenters. The predicted molar refractivity (Wildman–Crippen MR) is 83.2 cm³/mol. The number of unbranched alkanes of at least 4 members (excludes halogenated alkanes) is 2. The molecular formula is C13H20ClNO3S2. The molecule has 1 heterocycles. The molecule has 0 aromatic carbocycles. The van der Waals surface area contributed by atoms with Crippen molar-refractivity contribution in [2.45, 2.75) is 57.4 Å². The monoisotopic (exact) mass is 337 g/mol. The first-order valence-corrected chi connectivity index (χ1v) is 9.74. The highest BCUT2D eigenvalue weighted by Crippen LogP contribution is 2.28. The minimum absolute atomic E-state index is 0.0213. The van der Waals surface area contributed by atoms with E-state index in [1.165, 1.54) is 6.07 Å². The molecule has 0 aliphatic rings. The van der Waals surface area contributed by atoms with Gasteiger partial charge >= 0.3 is 0 Å². The molecule has 0 radical (unpaired) electrons. The number of hydrogen-bond donors (Lipinski definition) is 1. The Kier molecular flexibility index (Phi) is 6.48. The van der Waals surface area contributed by atoms with E-state index in [2.05, 4.69) is 12.2 Å². The van der Waals surface area contributed by atoms with Crippen molar-refractivity contribution >= 4 is 37.0 Å². The Morgan fingerprint density at radius 1 is 1.45 bits per heavy atom. The summed E-state index contributed by atoms with van der Waals surface area (Å²) >= 11 is 1.14. The molecule has 4 nitrogen and oxygen atoms in total. The van der Waals surface area contributed by atoms with Gasteiger partial charge in [-0.25, -0.2) is 8.42 Å². The fourth-order valence-corrected chi connectivity index (χ4v) is 4.45. The lowest BCUT2D eigenvalue weighted by Gasteiger charge is -2.12. The topological polar surface area (TPSA) is 63.2 Å². The molecule has 1 rings (SSSR count). The maximum Gasteiger partial charge on any atom is 0.262 e. The van der Waals surface area contributed by atoms with Gasteiger partial charge in [-0.1, -0.05) is 26.2 Å². The van der Waals surface area contributed by atoms with E-state index in [0.717, 1.165) is 37.0 Å². The lowest BCUT2D eigenvalue weighted by atomic mass is 10.1. The smallest absolute Gasteiger partial charge is 0.262 e. The number of carbonyl (C=O) groups is 1. The Morgan fingerprint density at radius 2 is 2.10 bits per heavy atom. The third-order valence-electron chi connectivity index (χ3n) is 2.98. The van der Waals surface area contributed by atoms with Gasteiger partial charge in [0.05, 0.1) is 9.77 Å². The van der Waals surface area contributed by atoms with Gasteiger partial charge in [0.25, 0.3) is 15.0 Å². The molecule has 0 saturated carbocycles. The van der Waals surface area contributed by atoms with Crippen molar-refractivity contribution in [2.24, 2.45) is 0 Å².